The molecule has 92 valence electrons. The molecule has 16 heavy (non-hydrogen) atoms. The van der Waals surface area contributed by atoms with Crippen LogP contribution in [0, 0.1) is 11.3 Å². The molecule has 2 unspecified atom stereocenters. The lowest BCUT2D eigenvalue weighted by molar-refractivity contribution is -0.127. The van der Waals surface area contributed by atoms with Gasteiger partial charge in [0.1, 0.15) is 5.78 Å². The minimum Gasteiger partial charge on any atom is -0.301 e. The van der Waals surface area contributed by atoms with Crippen LogP contribution in [-0.4, -0.2) is 41.3 Å². The average Bonchev–Trinajstić information content (AvgIpc) is 2.45. The van der Waals surface area contributed by atoms with Crippen molar-refractivity contribution in [2.24, 2.45) is 11.3 Å². The van der Waals surface area contributed by atoms with Crippen LogP contribution in [0.4, 0.5) is 0 Å². The molecule has 0 aromatic heterocycles. The quantitative estimate of drug-likeness (QED) is 0.740. The molecule has 0 aromatic carbocycles. The Kier molecular flexibility index (Phi) is 3.65. The van der Waals surface area contributed by atoms with Crippen molar-refractivity contribution in [3.05, 3.63) is 0 Å². The van der Waals surface area contributed by atoms with E-state index in [1.807, 2.05) is 0 Å². The van der Waals surface area contributed by atoms with Gasteiger partial charge in [-0.3, -0.25) is 4.79 Å². The van der Waals surface area contributed by atoms with Crippen LogP contribution < -0.4 is 0 Å². The van der Waals surface area contributed by atoms with Crippen LogP contribution in [-0.2, 0) is 4.79 Å². The highest BCUT2D eigenvalue weighted by molar-refractivity contribution is 7.99. The van der Waals surface area contributed by atoms with Crippen LogP contribution in [0.1, 0.15) is 33.6 Å². The van der Waals surface area contributed by atoms with Gasteiger partial charge in [-0.25, -0.2) is 0 Å². The summed E-state index contributed by atoms with van der Waals surface area (Å²) in [6, 6.07) is 0. The van der Waals surface area contributed by atoms with E-state index < -0.39 is 0 Å². The van der Waals surface area contributed by atoms with Gasteiger partial charge in [-0.15, -0.1) is 0 Å². The zero-order valence-corrected chi connectivity index (χ0v) is 11.5. The lowest BCUT2D eigenvalue weighted by Gasteiger charge is -2.32. The standard InChI is InChI=1S/C13H23NOS/c1-10-8-14(6-7-16-10)9-11-4-5-13(2,3)12(11)15/h10-11H,4-9H2,1-3H3. The van der Waals surface area contributed by atoms with E-state index in [0.29, 0.717) is 11.7 Å². The Morgan fingerprint density at radius 1 is 1.50 bits per heavy atom. The molecule has 2 atom stereocenters. The summed E-state index contributed by atoms with van der Waals surface area (Å²) >= 11 is 2.05. The van der Waals surface area contributed by atoms with Gasteiger partial charge in [0.05, 0.1) is 0 Å². The van der Waals surface area contributed by atoms with Crippen LogP contribution in [0.2, 0.25) is 0 Å². The van der Waals surface area contributed by atoms with Gasteiger partial charge in [0.2, 0.25) is 0 Å². The number of thioether (sulfide) groups is 1. The average molecular weight is 241 g/mol. The van der Waals surface area contributed by atoms with Gasteiger partial charge in [0.15, 0.2) is 0 Å². The summed E-state index contributed by atoms with van der Waals surface area (Å²) in [5, 5.41) is 0.735. The summed E-state index contributed by atoms with van der Waals surface area (Å²) in [6.45, 7) is 9.83. The maximum Gasteiger partial charge on any atom is 0.142 e. The molecule has 0 spiro atoms. The summed E-state index contributed by atoms with van der Waals surface area (Å²) in [5.41, 5.74) is -0.0547. The molecule has 1 aliphatic heterocycles. The fourth-order valence-corrected chi connectivity index (χ4v) is 3.97. The van der Waals surface area contributed by atoms with Crippen molar-refractivity contribution in [3.63, 3.8) is 0 Å². The largest absolute Gasteiger partial charge is 0.301 e. The van der Waals surface area contributed by atoms with E-state index in [0.717, 1.165) is 31.2 Å². The molecule has 1 saturated heterocycles. The maximum absolute atomic E-state index is 12.2. The Bertz CT molecular complexity index is 277. The van der Waals surface area contributed by atoms with Crippen molar-refractivity contribution in [1.29, 1.82) is 0 Å². The van der Waals surface area contributed by atoms with Crippen molar-refractivity contribution in [2.45, 2.75) is 38.9 Å². The van der Waals surface area contributed by atoms with E-state index in [-0.39, 0.29) is 5.41 Å². The monoisotopic (exact) mass is 241 g/mol. The van der Waals surface area contributed by atoms with Crippen LogP contribution in [0.15, 0.2) is 0 Å². The molecule has 1 aliphatic carbocycles. The second-order valence-corrected chi connectivity index (χ2v) is 7.47. The van der Waals surface area contributed by atoms with Crippen molar-refractivity contribution in [1.82, 2.24) is 4.90 Å². The fourth-order valence-electron chi connectivity index (χ4n) is 2.88. The number of ketones is 1. The number of carbonyl (C=O) groups is 1. The van der Waals surface area contributed by atoms with Crippen LogP contribution in [0.3, 0.4) is 0 Å². The molecule has 2 rings (SSSR count). The molecule has 0 radical (unpaired) electrons. The smallest absolute Gasteiger partial charge is 0.142 e. The van der Waals surface area contributed by atoms with Gasteiger partial charge < -0.3 is 4.90 Å². The van der Waals surface area contributed by atoms with Gasteiger partial charge in [0.25, 0.3) is 0 Å². The second kappa shape index (κ2) is 4.69. The van der Waals surface area contributed by atoms with E-state index in [9.17, 15) is 4.79 Å². The summed E-state index contributed by atoms with van der Waals surface area (Å²) in [6.07, 6.45) is 2.18. The third kappa shape index (κ3) is 2.62. The van der Waals surface area contributed by atoms with Crippen LogP contribution in [0.5, 0.6) is 0 Å². The Balaban J connectivity index is 1.88. The first kappa shape index (κ1) is 12.4. The first-order valence-corrected chi connectivity index (χ1v) is 7.42. The first-order chi connectivity index (χ1) is 7.49. The molecule has 0 aromatic rings. The Morgan fingerprint density at radius 2 is 2.25 bits per heavy atom. The molecule has 2 nitrogen and oxygen atoms in total. The number of carbonyl (C=O) groups excluding carboxylic acids is 1. The highest BCUT2D eigenvalue weighted by atomic mass is 32.2. The molecule has 0 bridgehead atoms. The van der Waals surface area contributed by atoms with E-state index in [1.54, 1.807) is 0 Å². The predicted octanol–water partition coefficient (Wildman–Crippen LogP) is 2.43. The lowest BCUT2D eigenvalue weighted by atomic mass is 9.89. The molecule has 3 heteroatoms. The normalized spacial score (nSPS) is 35.6. The van der Waals surface area contributed by atoms with Crippen LogP contribution >= 0.6 is 11.8 Å². The molecule has 0 N–H and O–H groups in total. The molecule has 1 heterocycles. The third-order valence-corrected chi connectivity index (χ3v) is 5.10. The number of rotatable bonds is 2. The van der Waals surface area contributed by atoms with Crippen molar-refractivity contribution in [3.8, 4) is 0 Å². The fraction of sp³-hybridized carbons (Fsp3) is 0.923. The number of nitrogens with zero attached hydrogens (tertiary/aromatic N) is 1. The summed E-state index contributed by atoms with van der Waals surface area (Å²) in [7, 11) is 0. The van der Waals surface area contributed by atoms with E-state index >= 15 is 0 Å². The van der Waals surface area contributed by atoms with Gasteiger partial charge in [-0.1, -0.05) is 20.8 Å². The van der Waals surface area contributed by atoms with Crippen molar-refractivity contribution >= 4 is 17.5 Å². The van der Waals surface area contributed by atoms with E-state index in [4.69, 9.17) is 0 Å². The zero-order chi connectivity index (χ0) is 11.8. The third-order valence-electron chi connectivity index (χ3n) is 3.96. The van der Waals surface area contributed by atoms with Gasteiger partial charge in [-0.2, -0.15) is 11.8 Å². The molecule has 1 saturated carbocycles. The van der Waals surface area contributed by atoms with E-state index in [1.165, 1.54) is 12.3 Å². The minimum atomic E-state index is -0.0547. The summed E-state index contributed by atoms with van der Waals surface area (Å²) in [4.78, 5) is 14.6. The minimum absolute atomic E-state index is 0.0547. The Hall–Kier alpha value is -0.0200. The number of Topliss-reactive ketones (excluding diaryl/α,β-unsaturated/α-hetero) is 1. The number of hydrogen-bond donors (Lipinski definition) is 0. The second-order valence-electron chi connectivity index (χ2n) is 5.92. The highest BCUT2D eigenvalue weighted by Crippen LogP contribution is 2.38. The summed E-state index contributed by atoms with van der Waals surface area (Å²) < 4.78 is 0. The van der Waals surface area contributed by atoms with E-state index in [2.05, 4.69) is 37.4 Å². The SMILES string of the molecule is CC1CN(CC2CCC(C)(C)C2=O)CCS1. The molecular formula is C13H23NOS. The van der Waals surface area contributed by atoms with Crippen LogP contribution in [0.25, 0.3) is 0 Å². The van der Waals surface area contributed by atoms with Crippen molar-refractivity contribution < 1.29 is 4.79 Å². The molecular weight excluding hydrogens is 218 g/mol. The lowest BCUT2D eigenvalue weighted by Crippen LogP contribution is -2.41. The topological polar surface area (TPSA) is 20.3 Å². The maximum atomic E-state index is 12.2. The van der Waals surface area contributed by atoms with Gasteiger partial charge in [0, 0.05) is 42.0 Å². The van der Waals surface area contributed by atoms with Gasteiger partial charge >= 0.3 is 0 Å². The predicted molar refractivity (Wildman–Crippen MR) is 69.9 cm³/mol. The molecule has 2 aliphatic rings. The van der Waals surface area contributed by atoms with Crippen molar-refractivity contribution in [2.75, 3.05) is 25.4 Å². The number of hydrogen-bond acceptors (Lipinski definition) is 3. The molecule has 2 fully saturated rings. The Labute approximate surface area is 103 Å². The Morgan fingerprint density at radius 3 is 2.81 bits per heavy atom. The zero-order valence-electron chi connectivity index (χ0n) is 10.7. The summed E-state index contributed by atoms with van der Waals surface area (Å²) in [5.74, 6) is 2.04. The highest BCUT2D eigenvalue weighted by Gasteiger charge is 2.40. The molecule has 0 amide bonds. The van der Waals surface area contributed by atoms with Gasteiger partial charge in [-0.05, 0) is 12.8 Å². The first-order valence-electron chi connectivity index (χ1n) is 6.37.